The molecule has 0 bridgehead atoms. The molecule has 0 aliphatic rings. The lowest BCUT2D eigenvalue weighted by atomic mass is 10.1. The first-order valence-electron chi connectivity index (χ1n) is 8.70. The van der Waals surface area contributed by atoms with Gasteiger partial charge in [-0.15, -0.1) is 0 Å². The third-order valence-corrected chi connectivity index (χ3v) is 4.39. The first kappa shape index (κ1) is 16.8. The first-order chi connectivity index (χ1) is 13.1. The molecule has 0 aliphatic heterocycles. The first-order valence-corrected chi connectivity index (χ1v) is 8.70. The molecule has 0 amide bonds. The largest absolute Gasteiger partial charge is 0.508 e. The molecule has 27 heavy (non-hydrogen) atoms. The maximum Gasteiger partial charge on any atom is 0.165 e. The van der Waals surface area contributed by atoms with Gasteiger partial charge in [0, 0.05) is 37.8 Å². The van der Waals surface area contributed by atoms with Crippen LogP contribution < -0.4 is 4.90 Å². The highest BCUT2D eigenvalue weighted by Gasteiger charge is 2.13. The van der Waals surface area contributed by atoms with Crippen LogP contribution in [0.2, 0.25) is 0 Å². The molecule has 2 heterocycles. The van der Waals surface area contributed by atoms with Gasteiger partial charge in [0.05, 0.1) is 0 Å². The molecule has 0 radical (unpaired) electrons. The van der Waals surface area contributed by atoms with Crippen molar-refractivity contribution in [1.82, 2.24) is 9.38 Å². The lowest BCUT2D eigenvalue weighted by Crippen LogP contribution is -2.07. The summed E-state index contributed by atoms with van der Waals surface area (Å²) in [7, 11) is 4.04. The van der Waals surface area contributed by atoms with E-state index in [4.69, 9.17) is 9.98 Å². The normalized spacial score (nSPS) is 11.3. The quantitative estimate of drug-likeness (QED) is 0.547. The molecule has 134 valence electrons. The fourth-order valence-electron chi connectivity index (χ4n) is 2.91. The van der Waals surface area contributed by atoms with E-state index in [9.17, 15) is 5.11 Å². The Bertz CT molecular complexity index is 1090. The van der Waals surface area contributed by atoms with Crippen molar-refractivity contribution < 1.29 is 5.11 Å². The average Bonchev–Trinajstić information content (AvgIpc) is 3.06. The van der Waals surface area contributed by atoms with Crippen LogP contribution in [0.4, 0.5) is 11.5 Å². The van der Waals surface area contributed by atoms with E-state index in [-0.39, 0.29) is 5.75 Å². The maximum atomic E-state index is 9.44. The Kier molecular flexibility index (Phi) is 4.34. The molecule has 0 spiro atoms. The smallest absolute Gasteiger partial charge is 0.165 e. The number of benzene rings is 2. The highest BCUT2D eigenvalue weighted by atomic mass is 16.3. The van der Waals surface area contributed by atoms with Gasteiger partial charge in [-0.05, 0) is 54.1 Å². The Morgan fingerprint density at radius 3 is 2.41 bits per heavy atom. The lowest BCUT2D eigenvalue weighted by molar-refractivity contribution is 0.475. The summed E-state index contributed by atoms with van der Waals surface area (Å²) in [6.45, 7) is 0. The van der Waals surface area contributed by atoms with Gasteiger partial charge in [0.15, 0.2) is 5.82 Å². The van der Waals surface area contributed by atoms with Gasteiger partial charge < -0.3 is 10.0 Å². The third kappa shape index (κ3) is 3.40. The van der Waals surface area contributed by atoms with E-state index in [1.807, 2.05) is 55.0 Å². The van der Waals surface area contributed by atoms with Crippen molar-refractivity contribution in [3.05, 3.63) is 78.5 Å². The number of fused-ring (bicyclic) bond motifs is 1. The Labute approximate surface area is 157 Å². The molecule has 0 saturated carbocycles. The van der Waals surface area contributed by atoms with E-state index in [0.717, 1.165) is 34.0 Å². The van der Waals surface area contributed by atoms with E-state index in [1.165, 1.54) is 0 Å². The molecule has 2 aromatic carbocycles. The van der Waals surface area contributed by atoms with Crippen LogP contribution in [0.1, 0.15) is 5.56 Å². The fourth-order valence-corrected chi connectivity index (χ4v) is 2.91. The number of nitrogens with zero attached hydrogens (tertiary/aromatic N) is 4. The van der Waals surface area contributed by atoms with E-state index in [1.54, 1.807) is 18.3 Å². The maximum absolute atomic E-state index is 9.44. The van der Waals surface area contributed by atoms with Gasteiger partial charge in [-0.25, -0.2) is 9.98 Å². The van der Waals surface area contributed by atoms with Crippen LogP contribution in [-0.4, -0.2) is 34.8 Å². The molecule has 4 aromatic rings. The summed E-state index contributed by atoms with van der Waals surface area (Å²) in [5, 5.41) is 9.44. The number of aromatic hydroxyl groups is 1. The topological polar surface area (TPSA) is 53.1 Å². The minimum Gasteiger partial charge on any atom is -0.508 e. The number of anilines is 1. The Morgan fingerprint density at radius 2 is 1.70 bits per heavy atom. The fraction of sp³-hybridized carbons (Fsp3) is 0.0909. The van der Waals surface area contributed by atoms with Crippen molar-refractivity contribution in [3.8, 4) is 17.0 Å². The molecular weight excluding hydrogens is 336 g/mol. The van der Waals surface area contributed by atoms with Crippen LogP contribution >= 0.6 is 0 Å². The number of hydrogen-bond acceptors (Lipinski definition) is 4. The number of hydrogen-bond donors (Lipinski definition) is 1. The SMILES string of the molecule is CN(C)c1ccc(-c2nc3ccccn3c2/N=C/c2ccc(O)cc2)cc1. The summed E-state index contributed by atoms with van der Waals surface area (Å²) in [6.07, 6.45) is 3.75. The van der Waals surface area contributed by atoms with Gasteiger partial charge in [-0.3, -0.25) is 4.40 Å². The summed E-state index contributed by atoms with van der Waals surface area (Å²) in [6, 6.07) is 21.1. The van der Waals surface area contributed by atoms with Gasteiger partial charge in [-0.2, -0.15) is 0 Å². The number of phenols is 1. The van der Waals surface area contributed by atoms with Crippen LogP contribution in [0, 0.1) is 0 Å². The molecule has 5 heteroatoms. The minimum atomic E-state index is 0.239. The highest BCUT2D eigenvalue weighted by Crippen LogP contribution is 2.32. The zero-order valence-corrected chi connectivity index (χ0v) is 15.2. The van der Waals surface area contributed by atoms with E-state index < -0.39 is 0 Å². The molecule has 2 aromatic heterocycles. The van der Waals surface area contributed by atoms with Crippen molar-refractivity contribution in [3.63, 3.8) is 0 Å². The number of phenolic OH excluding ortho intramolecular Hbond substituents is 1. The van der Waals surface area contributed by atoms with Crippen molar-refractivity contribution in [2.75, 3.05) is 19.0 Å². The third-order valence-electron chi connectivity index (χ3n) is 4.39. The Hall–Kier alpha value is -3.60. The summed E-state index contributed by atoms with van der Waals surface area (Å²) in [5.74, 6) is 1.01. The number of pyridine rings is 1. The van der Waals surface area contributed by atoms with Crippen LogP contribution in [0.5, 0.6) is 5.75 Å². The molecular formula is C22H20N4O. The standard InChI is InChI=1S/C22H20N4O/c1-25(2)18-10-8-17(9-11-18)21-22(26-14-4-3-5-20(26)24-21)23-15-16-6-12-19(27)13-7-16/h3-15,27H,1-2H3/b23-15+. The second kappa shape index (κ2) is 6.96. The Morgan fingerprint density at radius 1 is 0.963 bits per heavy atom. The predicted molar refractivity (Wildman–Crippen MR) is 110 cm³/mol. The van der Waals surface area contributed by atoms with Gasteiger partial charge >= 0.3 is 0 Å². The summed E-state index contributed by atoms with van der Waals surface area (Å²) >= 11 is 0. The minimum absolute atomic E-state index is 0.239. The summed E-state index contributed by atoms with van der Waals surface area (Å²) < 4.78 is 1.98. The number of imidazole rings is 1. The second-order valence-corrected chi connectivity index (χ2v) is 6.50. The predicted octanol–water partition coefficient (Wildman–Crippen LogP) is 4.52. The van der Waals surface area contributed by atoms with Crippen molar-refractivity contribution in [1.29, 1.82) is 0 Å². The van der Waals surface area contributed by atoms with Gasteiger partial charge in [0.25, 0.3) is 0 Å². The van der Waals surface area contributed by atoms with Crippen molar-refractivity contribution in [2.45, 2.75) is 0 Å². The molecule has 0 saturated heterocycles. The van der Waals surface area contributed by atoms with Crippen molar-refractivity contribution in [2.24, 2.45) is 4.99 Å². The van der Waals surface area contributed by atoms with E-state index in [0.29, 0.717) is 0 Å². The lowest BCUT2D eigenvalue weighted by Gasteiger charge is -2.12. The number of aliphatic imine (C=N–C) groups is 1. The highest BCUT2D eigenvalue weighted by molar-refractivity contribution is 5.85. The zero-order valence-electron chi connectivity index (χ0n) is 15.2. The molecule has 0 unspecified atom stereocenters. The van der Waals surface area contributed by atoms with Gasteiger partial charge in [-0.1, -0.05) is 18.2 Å². The van der Waals surface area contributed by atoms with Crippen LogP contribution in [-0.2, 0) is 0 Å². The van der Waals surface area contributed by atoms with Gasteiger partial charge in [0.1, 0.15) is 17.1 Å². The summed E-state index contributed by atoms with van der Waals surface area (Å²) in [5.41, 5.74) is 4.75. The second-order valence-electron chi connectivity index (χ2n) is 6.50. The van der Waals surface area contributed by atoms with Crippen LogP contribution in [0.25, 0.3) is 16.9 Å². The number of rotatable bonds is 4. The van der Waals surface area contributed by atoms with E-state index >= 15 is 0 Å². The molecule has 1 N–H and O–H groups in total. The van der Waals surface area contributed by atoms with Crippen molar-refractivity contribution >= 4 is 23.4 Å². The number of aromatic nitrogens is 2. The van der Waals surface area contributed by atoms with E-state index in [2.05, 4.69) is 29.2 Å². The summed E-state index contributed by atoms with van der Waals surface area (Å²) in [4.78, 5) is 11.6. The van der Waals surface area contributed by atoms with Crippen LogP contribution in [0.15, 0.2) is 77.9 Å². The van der Waals surface area contributed by atoms with Crippen LogP contribution in [0.3, 0.4) is 0 Å². The zero-order chi connectivity index (χ0) is 18.8. The Balaban J connectivity index is 1.80. The molecule has 5 nitrogen and oxygen atoms in total. The monoisotopic (exact) mass is 356 g/mol. The average molecular weight is 356 g/mol. The molecule has 0 aliphatic carbocycles. The molecule has 0 fully saturated rings. The molecule has 4 rings (SSSR count). The molecule has 0 atom stereocenters. The van der Waals surface area contributed by atoms with Gasteiger partial charge in [0.2, 0.25) is 0 Å².